The van der Waals surface area contributed by atoms with Crippen LogP contribution in [0.4, 0.5) is 5.69 Å². The van der Waals surface area contributed by atoms with Gasteiger partial charge in [0.25, 0.3) is 0 Å². The Bertz CT molecular complexity index is 389. The van der Waals surface area contributed by atoms with Crippen LogP contribution in [0.25, 0.3) is 0 Å². The molecular weight excluding hydrogens is 222 g/mol. The van der Waals surface area contributed by atoms with E-state index in [1.807, 2.05) is 0 Å². The third-order valence-corrected chi connectivity index (χ3v) is 3.82. The molecule has 2 nitrogen and oxygen atoms in total. The third-order valence-electron chi connectivity index (χ3n) is 3.82. The van der Waals surface area contributed by atoms with Gasteiger partial charge in [-0.1, -0.05) is 19.1 Å². The summed E-state index contributed by atoms with van der Waals surface area (Å²) in [5, 5.41) is 3.55. The van der Waals surface area contributed by atoms with Gasteiger partial charge < -0.3 is 10.1 Å². The highest BCUT2D eigenvalue weighted by Crippen LogP contribution is 2.26. The smallest absolute Gasteiger partial charge is 0.0464 e. The van der Waals surface area contributed by atoms with E-state index in [0.717, 1.165) is 19.4 Å². The first-order valence-corrected chi connectivity index (χ1v) is 7.06. The molecule has 1 aromatic carbocycles. The number of hydrogen-bond donors (Lipinski definition) is 1. The number of anilines is 1. The van der Waals surface area contributed by atoms with Crippen molar-refractivity contribution in [3.8, 4) is 0 Å². The van der Waals surface area contributed by atoms with Crippen molar-refractivity contribution in [3.63, 3.8) is 0 Å². The number of ether oxygens (including phenoxy) is 1. The summed E-state index contributed by atoms with van der Waals surface area (Å²) in [7, 11) is 1.78. The van der Waals surface area contributed by atoms with Gasteiger partial charge in [0, 0.05) is 25.4 Å². The van der Waals surface area contributed by atoms with E-state index in [0.29, 0.717) is 12.0 Å². The van der Waals surface area contributed by atoms with Crippen molar-refractivity contribution >= 4 is 5.69 Å². The molecule has 2 unspecified atom stereocenters. The monoisotopic (exact) mass is 247 g/mol. The second kappa shape index (κ2) is 6.24. The Kier molecular flexibility index (Phi) is 4.65. The molecule has 0 amide bonds. The minimum Gasteiger partial charge on any atom is -0.385 e. The van der Waals surface area contributed by atoms with Gasteiger partial charge in [-0.3, -0.25) is 0 Å². The number of aryl methyl sites for hydroxylation is 1. The number of rotatable bonds is 5. The number of benzene rings is 1. The topological polar surface area (TPSA) is 21.3 Å². The fraction of sp³-hybridized carbons (Fsp3) is 0.625. The fourth-order valence-corrected chi connectivity index (χ4v) is 2.65. The third kappa shape index (κ3) is 3.49. The molecule has 2 atom stereocenters. The van der Waals surface area contributed by atoms with E-state index in [9.17, 15) is 0 Å². The molecule has 0 aromatic heterocycles. The molecule has 1 aromatic rings. The summed E-state index contributed by atoms with van der Waals surface area (Å²) in [6.45, 7) is 5.42. The Labute approximate surface area is 111 Å². The van der Waals surface area contributed by atoms with Crippen molar-refractivity contribution in [1.82, 2.24) is 0 Å². The normalized spacial score (nSPS) is 20.1. The molecule has 0 fully saturated rings. The average Bonchev–Trinajstić information content (AvgIpc) is 2.36. The predicted molar refractivity (Wildman–Crippen MR) is 77.2 cm³/mol. The van der Waals surface area contributed by atoms with E-state index < -0.39 is 0 Å². The zero-order chi connectivity index (χ0) is 13.0. The van der Waals surface area contributed by atoms with Crippen LogP contribution in [0.3, 0.4) is 0 Å². The van der Waals surface area contributed by atoms with E-state index >= 15 is 0 Å². The summed E-state index contributed by atoms with van der Waals surface area (Å²) in [5.41, 5.74) is 4.29. The SMILES string of the molecule is COCCC(C)Cc1ccc2c(c1)CCC(C)N2. The summed E-state index contributed by atoms with van der Waals surface area (Å²) in [5.74, 6) is 0.693. The maximum Gasteiger partial charge on any atom is 0.0464 e. The van der Waals surface area contributed by atoms with Crippen LogP contribution in [-0.2, 0) is 17.6 Å². The number of hydrogen-bond acceptors (Lipinski definition) is 2. The van der Waals surface area contributed by atoms with Gasteiger partial charge in [0.05, 0.1) is 0 Å². The van der Waals surface area contributed by atoms with Crippen LogP contribution >= 0.6 is 0 Å². The van der Waals surface area contributed by atoms with Crippen molar-refractivity contribution < 1.29 is 4.74 Å². The maximum absolute atomic E-state index is 5.14. The Morgan fingerprint density at radius 3 is 3.06 bits per heavy atom. The summed E-state index contributed by atoms with van der Waals surface area (Å²) in [4.78, 5) is 0. The van der Waals surface area contributed by atoms with Crippen LogP contribution < -0.4 is 5.32 Å². The fourth-order valence-electron chi connectivity index (χ4n) is 2.65. The molecule has 18 heavy (non-hydrogen) atoms. The summed E-state index contributed by atoms with van der Waals surface area (Å²) >= 11 is 0. The van der Waals surface area contributed by atoms with Crippen molar-refractivity contribution in [3.05, 3.63) is 29.3 Å². The molecular formula is C16H25NO. The average molecular weight is 247 g/mol. The minimum atomic E-state index is 0.615. The van der Waals surface area contributed by atoms with Crippen LogP contribution in [-0.4, -0.2) is 19.8 Å². The molecule has 1 N–H and O–H groups in total. The molecule has 1 heterocycles. The molecule has 2 heteroatoms. The van der Waals surface area contributed by atoms with Gasteiger partial charge in [0.2, 0.25) is 0 Å². The van der Waals surface area contributed by atoms with E-state index in [-0.39, 0.29) is 0 Å². The molecule has 100 valence electrons. The molecule has 1 aliphatic rings. The van der Waals surface area contributed by atoms with Gasteiger partial charge in [-0.15, -0.1) is 0 Å². The first-order chi connectivity index (χ1) is 8.69. The van der Waals surface area contributed by atoms with Crippen LogP contribution in [0.15, 0.2) is 18.2 Å². The zero-order valence-corrected chi connectivity index (χ0v) is 11.8. The molecule has 2 rings (SSSR count). The van der Waals surface area contributed by atoms with Gasteiger partial charge in [0.15, 0.2) is 0 Å². The Balaban J connectivity index is 1.98. The molecule has 0 saturated carbocycles. The lowest BCUT2D eigenvalue weighted by atomic mass is 9.93. The number of nitrogens with one attached hydrogen (secondary N) is 1. The quantitative estimate of drug-likeness (QED) is 0.857. The van der Waals surface area contributed by atoms with Crippen molar-refractivity contribution in [1.29, 1.82) is 0 Å². The Morgan fingerprint density at radius 2 is 2.28 bits per heavy atom. The lowest BCUT2D eigenvalue weighted by Gasteiger charge is -2.25. The van der Waals surface area contributed by atoms with Gasteiger partial charge in [-0.25, -0.2) is 0 Å². The summed E-state index contributed by atoms with van der Waals surface area (Å²) in [6.07, 6.45) is 4.76. The van der Waals surface area contributed by atoms with Crippen molar-refractivity contribution in [2.75, 3.05) is 19.0 Å². The first-order valence-electron chi connectivity index (χ1n) is 7.06. The lowest BCUT2D eigenvalue weighted by molar-refractivity contribution is 0.180. The van der Waals surface area contributed by atoms with E-state index in [2.05, 4.69) is 37.4 Å². The number of methoxy groups -OCH3 is 1. The zero-order valence-electron chi connectivity index (χ0n) is 11.8. The van der Waals surface area contributed by atoms with Crippen LogP contribution in [0, 0.1) is 5.92 Å². The van der Waals surface area contributed by atoms with Gasteiger partial charge in [-0.2, -0.15) is 0 Å². The maximum atomic E-state index is 5.14. The van der Waals surface area contributed by atoms with E-state index in [1.54, 1.807) is 7.11 Å². The predicted octanol–water partition coefficient (Wildman–Crippen LogP) is 3.65. The highest BCUT2D eigenvalue weighted by Gasteiger charge is 2.14. The summed E-state index contributed by atoms with van der Waals surface area (Å²) in [6, 6.07) is 7.53. The Hall–Kier alpha value is -1.02. The highest BCUT2D eigenvalue weighted by molar-refractivity contribution is 5.55. The Morgan fingerprint density at radius 1 is 1.44 bits per heavy atom. The largest absolute Gasteiger partial charge is 0.385 e. The molecule has 0 bridgehead atoms. The lowest BCUT2D eigenvalue weighted by Crippen LogP contribution is -2.22. The molecule has 1 aliphatic heterocycles. The van der Waals surface area contributed by atoms with Crippen LogP contribution in [0.1, 0.15) is 37.8 Å². The molecule has 0 radical (unpaired) electrons. The minimum absolute atomic E-state index is 0.615. The van der Waals surface area contributed by atoms with Crippen molar-refractivity contribution in [2.24, 2.45) is 5.92 Å². The second-order valence-corrected chi connectivity index (χ2v) is 5.67. The standard InChI is InChI=1S/C16H25NO/c1-12(8-9-18-3)10-14-5-7-16-15(11-14)6-4-13(2)17-16/h5,7,11-13,17H,4,6,8-10H2,1-3H3. The van der Waals surface area contributed by atoms with Gasteiger partial charge in [0.1, 0.15) is 0 Å². The molecule has 0 aliphatic carbocycles. The van der Waals surface area contributed by atoms with E-state index in [1.165, 1.54) is 29.7 Å². The van der Waals surface area contributed by atoms with Crippen LogP contribution in [0.5, 0.6) is 0 Å². The second-order valence-electron chi connectivity index (χ2n) is 5.67. The molecule has 0 spiro atoms. The highest BCUT2D eigenvalue weighted by atomic mass is 16.5. The molecule has 0 saturated heterocycles. The van der Waals surface area contributed by atoms with Gasteiger partial charge in [-0.05, 0) is 55.7 Å². The number of fused-ring (bicyclic) bond motifs is 1. The summed E-state index contributed by atoms with van der Waals surface area (Å²) < 4.78 is 5.14. The first kappa shape index (κ1) is 13.4. The van der Waals surface area contributed by atoms with Crippen molar-refractivity contribution in [2.45, 2.75) is 45.6 Å². The van der Waals surface area contributed by atoms with Gasteiger partial charge >= 0.3 is 0 Å². The van der Waals surface area contributed by atoms with Crippen LogP contribution in [0.2, 0.25) is 0 Å². The van der Waals surface area contributed by atoms with E-state index in [4.69, 9.17) is 4.74 Å².